The summed E-state index contributed by atoms with van der Waals surface area (Å²) in [5, 5.41) is 5.85. The van der Waals surface area contributed by atoms with Crippen molar-refractivity contribution in [1.29, 1.82) is 0 Å². The molecule has 0 N–H and O–H groups in total. The number of benzene rings is 2. The number of hydrogen-bond donors (Lipinski definition) is 0. The molecule has 3 aromatic rings. The molecular weight excluding hydrogens is 513 g/mol. The van der Waals surface area contributed by atoms with Gasteiger partial charge in [0.2, 0.25) is 0 Å². The van der Waals surface area contributed by atoms with Crippen LogP contribution in [0.15, 0.2) is 86.0 Å². The molecule has 0 aliphatic carbocycles. The van der Waals surface area contributed by atoms with Gasteiger partial charge in [-0.2, -0.15) is 0 Å². The summed E-state index contributed by atoms with van der Waals surface area (Å²) in [4.78, 5) is 1.24. The van der Waals surface area contributed by atoms with E-state index in [4.69, 9.17) is 0 Å². The lowest BCUT2D eigenvalue weighted by Gasteiger charge is -2.11. The lowest BCUT2D eigenvalue weighted by molar-refractivity contribution is 1.34. The quantitative estimate of drug-likeness (QED) is 0.231. The Balaban J connectivity index is 2.31. The van der Waals surface area contributed by atoms with E-state index in [9.17, 15) is 0 Å². The van der Waals surface area contributed by atoms with Crippen LogP contribution in [0, 0.1) is 0 Å². The summed E-state index contributed by atoms with van der Waals surface area (Å²) in [6, 6.07) is 6.53. The fourth-order valence-corrected chi connectivity index (χ4v) is 6.75. The highest BCUT2D eigenvalue weighted by atomic mass is 32.1. The van der Waals surface area contributed by atoms with Crippen molar-refractivity contribution in [2.24, 2.45) is 0 Å². The molecule has 0 saturated heterocycles. The van der Waals surface area contributed by atoms with Crippen molar-refractivity contribution in [3.05, 3.63) is 134 Å². The van der Waals surface area contributed by atoms with E-state index < -0.39 is 0 Å². The summed E-state index contributed by atoms with van der Waals surface area (Å²) in [5.41, 5.74) is 7.89. The van der Waals surface area contributed by atoms with E-state index in [-0.39, 0.29) is 0 Å². The smallest absolute Gasteiger partial charge is 0.0430 e. The van der Waals surface area contributed by atoms with Crippen LogP contribution >= 0.6 is 11.3 Å². The Kier molecular flexibility index (Phi) is 11.0. The van der Waals surface area contributed by atoms with E-state index in [0.29, 0.717) is 0 Å². The molecule has 0 unspecified atom stereocenters. The Morgan fingerprint density at radius 1 is 0.780 bits per heavy atom. The van der Waals surface area contributed by atoms with E-state index in [2.05, 4.69) is 140 Å². The highest BCUT2D eigenvalue weighted by Gasteiger charge is 2.13. The molecule has 0 atom stereocenters. The van der Waals surface area contributed by atoms with Crippen molar-refractivity contribution in [2.45, 2.75) is 41.5 Å². The van der Waals surface area contributed by atoms with Gasteiger partial charge in [-0.05, 0) is 114 Å². The maximum atomic E-state index is 4.55. The van der Waals surface area contributed by atoms with Gasteiger partial charge >= 0.3 is 0 Å². The molecular formula is C40H42S. The first kappa shape index (κ1) is 31.3. The summed E-state index contributed by atoms with van der Waals surface area (Å²) in [6.07, 6.45) is 27.3. The normalized spacial score (nSPS) is 14.7. The van der Waals surface area contributed by atoms with Gasteiger partial charge in [0.15, 0.2) is 0 Å². The standard InChI is InChI=1S/C40H42S/c1-11-20-35-30(15-5)31(16-6)38(36(21-12-2)32(35)17-7)26-27(9)29(14-4)25-28(10)34-23-19-24-37-33(18-8)39(22-13-3)41-40(34)37/h11-26H,1,7-9H2,2-6,10H3/b21-12-,22-13-,28-25+,29-14+,30-15?,31-16-,35-20?,38-26+. The van der Waals surface area contributed by atoms with Crippen molar-refractivity contribution in [2.75, 3.05) is 0 Å². The third kappa shape index (κ3) is 6.26. The molecule has 0 bridgehead atoms. The predicted molar refractivity (Wildman–Crippen MR) is 192 cm³/mol. The molecule has 0 aliphatic heterocycles. The third-order valence-corrected chi connectivity index (χ3v) is 8.46. The van der Waals surface area contributed by atoms with Crippen LogP contribution < -0.4 is 20.9 Å². The van der Waals surface area contributed by atoms with Crippen LogP contribution in [0.1, 0.15) is 68.7 Å². The average molecular weight is 555 g/mol. The van der Waals surface area contributed by atoms with E-state index in [1.54, 1.807) is 0 Å². The molecule has 0 nitrogen and oxygen atoms in total. The number of rotatable bonds is 9. The van der Waals surface area contributed by atoms with Gasteiger partial charge in [-0.3, -0.25) is 0 Å². The highest BCUT2D eigenvalue weighted by Crippen LogP contribution is 2.38. The molecule has 208 valence electrons. The van der Waals surface area contributed by atoms with Crippen molar-refractivity contribution >= 4 is 75.6 Å². The molecule has 3 rings (SSSR count). The molecule has 0 radical (unpaired) electrons. The topological polar surface area (TPSA) is 0 Å². The molecule has 0 saturated carbocycles. The fraction of sp³-hybridized carbons (Fsp3) is 0.150. The van der Waals surface area contributed by atoms with E-state index >= 15 is 0 Å². The zero-order valence-corrected chi connectivity index (χ0v) is 26.3. The Morgan fingerprint density at radius 2 is 1.44 bits per heavy atom. The second kappa shape index (κ2) is 14.4. The van der Waals surface area contributed by atoms with Crippen molar-refractivity contribution in [1.82, 2.24) is 0 Å². The summed E-state index contributed by atoms with van der Waals surface area (Å²) in [6.45, 7) is 29.3. The summed E-state index contributed by atoms with van der Waals surface area (Å²) in [5.74, 6) is 0. The maximum absolute atomic E-state index is 4.55. The minimum atomic E-state index is 0.956. The number of allylic oxidation sites excluding steroid dienone is 8. The molecule has 0 aliphatic rings. The van der Waals surface area contributed by atoms with Gasteiger partial charge in [0.05, 0.1) is 0 Å². The summed E-state index contributed by atoms with van der Waals surface area (Å²) >= 11 is 1.82. The second-order valence-corrected chi connectivity index (χ2v) is 10.7. The Bertz CT molecular complexity index is 1890. The third-order valence-electron chi connectivity index (χ3n) is 7.24. The fourth-order valence-electron chi connectivity index (χ4n) is 5.39. The van der Waals surface area contributed by atoms with Crippen LogP contribution in [0.3, 0.4) is 0 Å². The predicted octanol–water partition coefficient (Wildman–Crippen LogP) is 9.21. The monoisotopic (exact) mass is 554 g/mol. The van der Waals surface area contributed by atoms with Crippen molar-refractivity contribution in [3.63, 3.8) is 0 Å². The average Bonchev–Trinajstić information content (AvgIpc) is 3.34. The second-order valence-electron chi connectivity index (χ2n) is 9.67. The molecule has 0 fully saturated rings. The van der Waals surface area contributed by atoms with Crippen LogP contribution in [-0.4, -0.2) is 0 Å². The van der Waals surface area contributed by atoms with Gasteiger partial charge in [-0.25, -0.2) is 0 Å². The van der Waals surface area contributed by atoms with Gasteiger partial charge in [0.1, 0.15) is 0 Å². The molecule has 41 heavy (non-hydrogen) atoms. The lowest BCUT2D eigenvalue weighted by Crippen LogP contribution is -2.50. The molecule has 1 aromatic heterocycles. The Morgan fingerprint density at radius 3 is 2.00 bits per heavy atom. The summed E-state index contributed by atoms with van der Waals surface area (Å²) < 4.78 is 1.28. The van der Waals surface area contributed by atoms with Crippen LogP contribution in [0.25, 0.3) is 64.3 Å². The van der Waals surface area contributed by atoms with Crippen LogP contribution in [-0.2, 0) is 0 Å². The van der Waals surface area contributed by atoms with Crippen molar-refractivity contribution < 1.29 is 0 Å². The van der Waals surface area contributed by atoms with E-state index in [0.717, 1.165) is 32.7 Å². The molecule has 2 aromatic carbocycles. The van der Waals surface area contributed by atoms with Crippen LogP contribution in [0.4, 0.5) is 0 Å². The van der Waals surface area contributed by atoms with Gasteiger partial charge in [-0.15, -0.1) is 11.3 Å². The van der Waals surface area contributed by atoms with Crippen LogP contribution in [0.5, 0.6) is 0 Å². The number of fused-ring (bicyclic) bond motifs is 1. The number of hydrogen-bond acceptors (Lipinski definition) is 1. The van der Waals surface area contributed by atoms with E-state index in [1.807, 2.05) is 36.5 Å². The van der Waals surface area contributed by atoms with Gasteiger partial charge in [0.25, 0.3) is 0 Å². The molecule has 1 heteroatoms. The van der Waals surface area contributed by atoms with Crippen LogP contribution in [0.2, 0.25) is 0 Å². The first-order valence-corrected chi connectivity index (χ1v) is 14.9. The van der Waals surface area contributed by atoms with Crippen molar-refractivity contribution in [3.8, 4) is 0 Å². The Labute approximate surface area is 250 Å². The lowest BCUT2D eigenvalue weighted by atomic mass is 9.93. The minimum absolute atomic E-state index is 0.956. The Hall–Kier alpha value is -4.20. The SMILES string of the molecule is C=CC=c1c(C=C)c(/C=C\C)c(=C/C(=C)C(=C/C)/C=C(\C)c2cccc3c(C=C)c(/C=C\C)sc23)/c(=C\C)c1=CC. The minimum Gasteiger partial charge on any atom is -0.135 e. The van der Waals surface area contributed by atoms with E-state index in [1.165, 1.54) is 42.1 Å². The van der Waals surface area contributed by atoms with Gasteiger partial charge in [-0.1, -0.05) is 111 Å². The maximum Gasteiger partial charge on any atom is 0.0430 e. The van der Waals surface area contributed by atoms with Gasteiger partial charge in [0, 0.05) is 15.0 Å². The zero-order chi connectivity index (χ0) is 30.1. The molecule has 0 spiro atoms. The molecule has 0 amide bonds. The largest absolute Gasteiger partial charge is 0.135 e. The number of thiophene rings is 1. The first-order valence-electron chi connectivity index (χ1n) is 14.1. The zero-order valence-electron chi connectivity index (χ0n) is 25.5. The summed E-state index contributed by atoms with van der Waals surface area (Å²) in [7, 11) is 0. The highest BCUT2D eigenvalue weighted by molar-refractivity contribution is 7.20. The first-order chi connectivity index (χ1) is 19.8. The van der Waals surface area contributed by atoms with Gasteiger partial charge < -0.3 is 0 Å². The molecule has 1 heterocycles.